The standard InChI is InChI=1S/C44H40O6P2/c1-29-5-13-33(14-6-29)51(45,34-15-7-30(2)8-16-34)39-23-21-37-43(49-27-25-47-37)41(39)42-40(24-22-38-44(42)50-28-26-48-38)52(46,35-17-9-31(3)10-18-35)36-19-11-32(4)12-20-36/h5-24H,25-28H2,1-4H3. The van der Waals surface area contributed by atoms with Crippen LogP contribution in [-0.4, -0.2) is 26.4 Å². The number of rotatable bonds is 7. The molecule has 8 heteroatoms. The number of aryl methyl sites for hydroxylation is 4. The largest absolute Gasteiger partial charge is 0.486 e. The molecule has 0 saturated carbocycles. The monoisotopic (exact) mass is 726 g/mol. The van der Waals surface area contributed by atoms with Gasteiger partial charge in [0.25, 0.3) is 0 Å². The molecule has 6 nitrogen and oxygen atoms in total. The predicted octanol–water partition coefficient (Wildman–Crippen LogP) is 7.41. The Morgan fingerprint density at radius 2 is 0.635 bits per heavy atom. The molecule has 2 aliphatic rings. The van der Waals surface area contributed by atoms with Crippen molar-refractivity contribution in [2.45, 2.75) is 27.7 Å². The number of benzene rings is 6. The molecule has 0 amide bonds. The number of hydrogen-bond donors (Lipinski definition) is 0. The van der Waals surface area contributed by atoms with E-state index >= 15 is 9.13 Å². The lowest BCUT2D eigenvalue weighted by atomic mass is 10.0. The molecular formula is C44H40O6P2. The number of hydrogen-bond acceptors (Lipinski definition) is 6. The second kappa shape index (κ2) is 13.5. The molecule has 0 radical (unpaired) electrons. The van der Waals surface area contributed by atoms with Crippen LogP contribution in [0.15, 0.2) is 121 Å². The lowest BCUT2D eigenvalue weighted by Gasteiger charge is -2.32. The summed E-state index contributed by atoms with van der Waals surface area (Å²) in [5, 5.41) is 3.75. The van der Waals surface area contributed by atoms with Gasteiger partial charge >= 0.3 is 0 Å². The molecule has 0 aromatic heterocycles. The summed E-state index contributed by atoms with van der Waals surface area (Å²) in [7, 11) is -7.30. The smallest absolute Gasteiger partial charge is 0.171 e. The molecule has 0 fully saturated rings. The summed E-state index contributed by atoms with van der Waals surface area (Å²) in [5.74, 6) is 1.91. The van der Waals surface area contributed by atoms with Gasteiger partial charge in [0.15, 0.2) is 37.3 Å². The lowest BCUT2D eigenvalue weighted by Crippen LogP contribution is -2.32. The van der Waals surface area contributed by atoms with Crippen molar-refractivity contribution in [1.29, 1.82) is 0 Å². The lowest BCUT2D eigenvalue weighted by molar-refractivity contribution is 0.170. The van der Waals surface area contributed by atoms with E-state index in [9.17, 15) is 0 Å². The van der Waals surface area contributed by atoms with Gasteiger partial charge in [0.2, 0.25) is 0 Å². The molecule has 6 aromatic rings. The Labute approximate surface area is 305 Å². The van der Waals surface area contributed by atoms with E-state index in [4.69, 9.17) is 18.9 Å². The summed E-state index contributed by atoms with van der Waals surface area (Å²) in [6.07, 6.45) is 0. The molecule has 0 N–H and O–H groups in total. The van der Waals surface area contributed by atoms with Gasteiger partial charge in [-0.25, -0.2) is 0 Å². The molecule has 0 atom stereocenters. The Morgan fingerprint density at radius 1 is 0.365 bits per heavy atom. The first-order valence-electron chi connectivity index (χ1n) is 17.5. The second-order valence-electron chi connectivity index (χ2n) is 13.5. The fourth-order valence-electron chi connectivity index (χ4n) is 7.09. The molecule has 0 aliphatic carbocycles. The molecule has 2 heterocycles. The van der Waals surface area contributed by atoms with Gasteiger partial charge in [-0.3, -0.25) is 0 Å². The fraction of sp³-hybridized carbons (Fsp3) is 0.182. The summed E-state index contributed by atoms with van der Waals surface area (Å²) in [6, 6.07) is 38.9. The Morgan fingerprint density at radius 3 is 0.923 bits per heavy atom. The van der Waals surface area contributed by atoms with Crippen LogP contribution in [0.4, 0.5) is 0 Å². The third kappa shape index (κ3) is 5.75. The van der Waals surface area contributed by atoms with Crippen molar-refractivity contribution >= 4 is 46.1 Å². The Kier molecular flexibility index (Phi) is 8.86. The van der Waals surface area contributed by atoms with E-state index in [2.05, 4.69) is 0 Å². The van der Waals surface area contributed by atoms with E-state index in [1.807, 2.05) is 149 Å². The zero-order valence-corrected chi connectivity index (χ0v) is 31.5. The average Bonchev–Trinajstić information content (AvgIpc) is 3.17. The van der Waals surface area contributed by atoms with Crippen LogP contribution in [0, 0.1) is 27.7 Å². The van der Waals surface area contributed by atoms with Crippen LogP contribution in [0.1, 0.15) is 22.3 Å². The average molecular weight is 727 g/mol. The maximum Gasteiger partial charge on any atom is 0.171 e. The maximum atomic E-state index is 16.4. The van der Waals surface area contributed by atoms with Crippen molar-refractivity contribution in [3.05, 3.63) is 144 Å². The van der Waals surface area contributed by atoms with Crippen LogP contribution in [0.3, 0.4) is 0 Å². The van der Waals surface area contributed by atoms with Crippen molar-refractivity contribution in [1.82, 2.24) is 0 Å². The first-order chi connectivity index (χ1) is 25.2. The van der Waals surface area contributed by atoms with Crippen LogP contribution >= 0.6 is 14.3 Å². The van der Waals surface area contributed by atoms with Gasteiger partial charge < -0.3 is 28.1 Å². The molecule has 0 unspecified atom stereocenters. The van der Waals surface area contributed by atoms with Gasteiger partial charge in [0, 0.05) is 43.0 Å². The third-order valence-corrected chi connectivity index (χ3v) is 16.1. The highest BCUT2D eigenvalue weighted by molar-refractivity contribution is 7.86. The second-order valence-corrected chi connectivity index (χ2v) is 19.0. The van der Waals surface area contributed by atoms with Crippen LogP contribution in [0.5, 0.6) is 23.0 Å². The van der Waals surface area contributed by atoms with Gasteiger partial charge in [-0.15, -0.1) is 0 Å². The van der Waals surface area contributed by atoms with E-state index < -0.39 is 14.3 Å². The molecule has 6 aromatic carbocycles. The first kappa shape index (κ1) is 34.1. The number of ether oxygens (including phenoxy) is 4. The summed E-state index contributed by atoms with van der Waals surface area (Å²) < 4.78 is 58.3. The molecule has 2 aliphatic heterocycles. The summed E-state index contributed by atoms with van der Waals surface area (Å²) in [5.41, 5.74) is 5.29. The van der Waals surface area contributed by atoms with E-state index in [1.165, 1.54) is 0 Å². The minimum Gasteiger partial charge on any atom is -0.486 e. The molecule has 0 bridgehead atoms. The normalized spacial score (nSPS) is 13.8. The molecule has 262 valence electrons. The molecule has 8 rings (SSSR count). The first-order valence-corrected chi connectivity index (χ1v) is 20.9. The Balaban J connectivity index is 1.54. The Bertz CT molecular complexity index is 2110. The van der Waals surface area contributed by atoms with Gasteiger partial charge in [-0.05, 0) is 52.0 Å². The van der Waals surface area contributed by atoms with Gasteiger partial charge in [-0.2, -0.15) is 0 Å². The molecule has 0 spiro atoms. The minimum atomic E-state index is -3.65. The molecule has 0 saturated heterocycles. The van der Waals surface area contributed by atoms with Gasteiger partial charge in [0.1, 0.15) is 26.4 Å². The summed E-state index contributed by atoms with van der Waals surface area (Å²) in [6.45, 7) is 9.38. The van der Waals surface area contributed by atoms with E-state index in [-0.39, 0.29) is 13.2 Å². The van der Waals surface area contributed by atoms with Crippen LogP contribution in [-0.2, 0) is 9.13 Å². The topological polar surface area (TPSA) is 71.1 Å². The van der Waals surface area contributed by atoms with Crippen LogP contribution in [0.2, 0.25) is 0 Å². The quantitative estimate of drug-likeness (QED) is 0.160. The highest BCUT2D eigenvalue weighted by Crippen LogP contribution is 2.56. The summed E-state index contributed by atoms with van der Waals surface area (Å²) in [4.78, 5) is 0. The van der Waals surface area contributed by atoms with E-state index in [1.54, 1.807) is 0 Å². The summed E-state index contributed by atoms with van der Waals surface area (Å²) >= 11 is 0. The predicted molar refractivity (Wildman–Crippen MR) is 212 cm³/mol. The fourth-order valence-corrected chi connectivity index (χ4v) is 12.7. The van der Waals surface area contributed by atoms with E-state index in [0.29, 0.717) is 79.2 Å². The third-order valence-electron chi connectivity index (χ3n) is 9.89. The van der Waals surface area contributed by atoms with Crippen molar-refractivity contribution in [2.75, 3.05) is 26.4 Å². The van der Waals surface area contributed by atoms with Crippen molar-refractivity contribution in [3.63, 3.8) is 0 Å². The molecule has 52 heavy (non-hydrogen) atoms. The van der Waals surface area contributed by atoms with Gasteiger partial charge in [-0.1, -0.05) is 119 Å². The van der Waals surface area contributed by atoms with Crippen LogP contribution < -0.4 is 50.8 Å². The minimum absolute atomic E-state index is 0.290. The zero-order chi connectivity index (χ0) is 36.0. The zero-order valence-electron chi connectivity index (χ0n) is 29.7. The SMILES string of the molecule is Cc1ccc(P(=O)(c2ccc(C)cc2)c2ccc3c(c2-c2c(P(=O)(c4ccc(C)cc4)c4ccc(C)cc4)ccc4c2OCCO4)OCCO3)cc1. The Hall–Kier alpha value is -5.02. The highest BCUT2D eigenvalue weighted by atomic mass is 31.2. The van der Waals surface area contributed by atoms with Crippen molar-refractivity contribution in [2.24, 2.45) is 0 Å². The number of fused-ring (bicyclic) bond motifs is 2. The van der Waals surface area contributed by atoms with Crippen molar-refractivity contribution < 1.29 is 28.1 Å². The molecular weight excluding hydrogens is 686 g/mol. The van der Waals surface area contributed by atoms with Crippen LogP contribution in [0.25, 0.3) is 11.1 Å². The van der Waals surface area contributed by atoms with Gasteiger partial charge in [0.05, 0.1) is 0 Å². The van der Waals surface area contributed by atoms with E-state index in [0.717, 1.165) is 22.3 Å². The highest BCUT2D eigenvalue weighted by Gasteiger charge is 2.42. The van der Waals surface area contributed by atoms with Crippen molar-refractivity contribution in [3.8, 4) is 34.1 Å². The maximum absolute atomic E-state index is 16.4.